The lowest BCUT2D eigenvalue weighted by molar-refractivity contribution is -0.138. The molecule has 0 aliphatic carbocycles. The van der Waals surface area contributed by atoms with Crippen molar-refractivity contribution in [2.45, 2.75) is 24.9 Å². The smallest absolute Gasteiger partial charge is 0.337 e. The molecule has 2 amide bonds. The number of rotatable bonds is 5. The second-order valence-electron chi connectivity index (χ2n) is 5.04. The minimum absolute atomic E-state index is 0.283. The highest BCUT2D eigenvalue weighted by Gasteiger charge is 2.29. The number of urea groups is 1. The van der Waals surface area contributed by atoms with Gasteiger partial charge in [0.15, 0.2) is 0 Å². The van der Waals surface area contributed by atoms with Crippen LogP contribution in [-0.2, 0) is 9.53 Å². The Bertz CT molecular complexity index is 818. The van der Waals surface area contributed by atoms with Crippen molar-refractivity contribution in [3.63, 3.8) is 0 Å². The third-order valence-electron chi connectivity index (χ3n) is 3.44. The van der Waals surface area contributed by atoms with Crippen LogP contribution >= 0.6 is 23.1 Å². The Kier molecular flexibility index (Phi) is 5.00. The molecule has 2 N–H and O–H groups in total. The van der Waals surface area contributed by atoms with E-state index in [1.807, 2.05) is 11.4 Å². The summed E-state index contributed by atoms with van der Waals surface area (Å²) in [5, 5.41) is 9.14. The van der Waals surface area contributed by atoms with Crippen molar-refractivity contribution in [1.82, 2.24) is 20.6 Å². The molecule has 0 unspecified atom stereocenters. The fourth-order valence-electron chi connectivity index (χ4n) is 2.42. The molecule has 126 valence electrons. The van der Waals surface area contributed by atoms with Crippen molar-refractivity contribution in [3.05, 3.63) is 29.0 Å². The number of esters is 1. The molecular weight excluding hydrogens is 348 g/mol. The van der Waals surface area contributed by atoms with Crippen LogP contribution in [0.15, 0.2) is 34.1 Å². The molecule has 2 aromatic heterocycles. The largest absolute Gasteiger partial charge is 0.463 e. The monoisotopic (exact) mass is 364 g/mol. The molecule has 0 bridgehead atoms. The van der Waals surface area contributed by atoms with Crippen molar-refractivity contribution in [3.8, 4) is 0 Å². The van der Waals surface area contributed by atoms with Crippen LogP contribution in [0.5, 0.6) is 0 Å². The Balaban J connectivity index is 1.87. The van der Waals surface area contributed by atoms with E-state index in [2.05, 4.69) is 20.6 Å². The summed E-state index contributed by atoms with van der Waals surface area (Å²) in [6.07, 6.45) is 1.52. The van der Waals surface area contributed by atoms with E-state index in [0.29, 0.717) is 17.0 Å². The van der Waals surface area contributed by atoms with Crippen LogP contribution in [0.3, 0.4) is 0 Å². The molecule has 0 radical (unpaired) electrons. The Hall–Kier alpha value is -2.13. The Morgan fingerprint density at radius 3 is 3.08 bits per heavy atom. The molecule has 1 aliphatic rings. The van der Waals surface area contributed by atoms with Gasteiger partial charge in [-0.2, -0.15) is 0 Å². The molecule has 3 rings (SSSR count). The predicted molar refractivity (Wildman–Crippen MR) is 92.9 cm³/mol. The molecule has 1 aliphatic heterocycles. The van der Waals surface area contributed by atoms with Crippen LogP contribution in [-0.4, -0.2) is 40.4 Å². The first-order valence-corrected chi connectivity index (χ1v) is 9.25. The second-order valence-corrected chi connectivity index (χ2v) is 6.90. The molecule has 24 heavy (non-hydrogen) atoms. The van der Waals surface area contributed by atoms with E-state index < -0.39 is 12.0 Å². The number of ether oxygens (including phenoxy) is 1. The van der Waals surface area contributed by atoms with E-state index in [-0.39, 0.29) is 12.6 Å². The number of hydrogen-bond acceptors (Lipinski definition) is 7. The third-order valence-corrected chi connectivity index (χ3v) is 5.30. The number of nitrogens with one attached hydrogen (secondary N) is 2. The first-order valence-electron chi connectivity index (χ1n) is 7.38. The van der Waals surface area contributed by atoms with Gasteiger partial charge in [-0.3, -0.25) is 0 Å². The first-order chi connectivity index (χ1) is 11.6. The van der Waals surface area contributed by atoms with Gasteiger partial charge >= 0.3 is 12.0 Å². The lowest BCUT2D eigenvalue weighted by Gasteiger charge is -2.26. The van der Waals surface area contributed by atoms with E-state index in [1.165, 1.54) is 18.1 Å². The lowest BCUT2D eigenvalue weighted by Crippen LogP contribution is -2.49. The van der Waals surface area contributed by atoms with Crippen molar-refractivity contribution >= 4 is 45.3 Å². The zero-order chi connectivity index (χ0) is 17.1. The molecule has 0 fully saturated rings. The maximum absolute atomic E-state index is 12.2. The number of carbonyl (C=O) groups excluding carboxylic acids is 2. The summed E-state index contributed by atoms with van der Waals surface area (Å²) in [5.74, 6) is -0.00935. The molecule has 0 saturated carbocycles. The highest BCUT2D eigenvalue weighted by Crippen LogP contribution is 2.29. The topological polar surface area (TPSA) is 93.2 Å². The summed E-state index contributed by atoms with van der Waals surface area (Å²) in [7, 11) is 0. The van der Waals surface area contributed by atoms with Crippen molar-refractivity contribution < 1.29 is 14.3 Å². The number of thiophene rings is 1. The van der Waals surface area contributed by atoms with Crippen molar-refractivity contribution in [2.24, 2.45) is 0 Å². The Morgan fingerprint density at radius 1 is 1.46 bits per heavy atom. The minimum atomic E-state index is -0.420. The molecule has 0 aromatic carbocycles. The Labute approximate surface area is 146 Å². The fraction of sp³-hybridized carbons (Fsp3) is 0.333. The molecule has 0 spiro atoms. The van der Waals surface area contributed by atoms with Gasteiger partial charge in [-0.1, -0.05) is 11.8 Å². The highest BCUT2D eigenvalue weighted by atomic mass is 32.2. The van der Waals surface area contributed by atoms with Crippen LogP contribution in [0.25, 0.3) is 10.2 Å². The zero-order valence-electron chi connectivity index (χ0n) is 13.2. The number of hydrogen-bond donors (Lipinski definition) is 2. The molecule has 9 heteroatoms. The van der Waals surface area contributed by atoms with E-state index in [9.17, 15) is 9.59 Å². The maximum atomic E-state index is 12.2. The normalized spacial score (nSPS) is 17.6. The van der Waals surface area contributed by atoms with Gasteiger partial charge in [0.1, 0.15) is 16.2 Å². The molecule has 7 nitrogen and oxygen atoms in total. The summed E-state index contributed by atoms with van der Waals surface area (Å²) in [5.41, 5.74) is 0.997. The van der Waals surface area contributed by atoms with E-state index in [0.717, 1.165) is 15.2 Å². The van der Waals surface area contributed by atoms with E-state index in [1.54, 1.807) is 25.2 Å². The van der Waals surface area contributed by atoms with Crippen LogP contribution in [0.2, 0.25) is 0 Å². The number of amides is 2. The van der Waals surface area contributed by atoms with Gasteiger partial charge in [-0.15, -0.1) is 11.3 Å². The number of nitrogens with zero attached hydrogens (tertiary/aromatic N) is 2. The van der Waals surface area contributed by atoms with Gasteiger partial charge in [0.25, 0.3) is 0 Å². The number of carbonyl (C=O) groups is 2. The summed E-state index contributed by atoms with van der Waals surface area (Å²) < 4.78 is 5.11. The molecular formula is C15H16N4O3S2. The molecule has 1 atom stereocenters. The minimum Gasteiger partial charge on any atom is -0.463 e. The second kappa shape index (κ2) is 7.18. The van der Waals surface area contributed by atoms with Gasteiger partial charge in [0.2, 0.25) is 0 Å². The van der Waals surface area contributed by atoms with Gasteiger partial charge in [0, 0.05) is 16.8 Å². The summed E-state index contributed by atoms with van der Waals surface area (Å²) in [4.78, 5) is 33.4. The van der Waals surface area contributed by atoms with Crippen LogP contribution in [0.4, 0.5) is 4.79 Å². The maximum Gasteiger partial charge on any atom is 0.337 e. The number of thioether (sulfide) groups is 1. The van der Waals surface area contributed by atoms with E-state index >= 15 is 0 Å². The molecule has 2 aromatic rings. The Morgan fingerprint density at radius 2 is 2.29 bits per heavy atom. The highest BCUT2D eigenvalue weighted by molar-refractivity contribution is 7.99. The average Bonchev–Trinajstić information content (AvgIpc) is 3.01. The summed E-state index contributed by atoms with van der Waals surface area (Å²) >= 11 is 3.00. The third kappa shape index (κ3) is 3.36. The number of fused-ring (bicyclic) bond motifs is 1. The van der Waals surface area contributed by atoms with Crippen molar-refractivity contribution in [2.75, 3.05) is 12.4 Å². The summed E-state index contributed by atoms with van der Waals surface area (Å²) in [6.45, 7) is 3.79. The zero-order valence-corrected chi connectivity index (χ0v) is 14.8. The van der Waals surface area contributed by atoms with Gasteiger partial charge in [0.05, 0.1) is 18.2 Å². The SMILES string of the molecule is CCOC(=O)C1=C(CSc2ncnc3sccc23)NC(=O)N[C@@H]1C. The first kappa shape index (κ1) is 16.7. The quantitative estimate of drug-likeness (QED) is 0.480. The van der Waals surface area contributed by atoms with E-state index in [4.69, 9.17) is 4.74 Å². The standard InChI is InChI=1S/C15H16N4O3S2/c1-3-22-14(20)11-8(2)18-15(21)19-10(11)6-24-13-9-4-5-23-12(9)16-7-17-13/h4-5,7-8H,3,6H2,1-2H3,(H2,18,19,21)/t8-/m1/s1. The van der Waals surface area contributed by atoms with Crippen molar-refractivity contribution in [1.29, 1.82) is 0 Å². The summed E-state index contributed by atoms with van der Waals surface area (Å²) in [6, 6.07) is 1.24. The average molecular weight is 364 g/mol. The van der Waals surface area contributed by atoms with Crippen LogP contribution in [0.1, 0.15) is 13.8 Å². The van der Waals surface area contributed by atoms with Crippen LogP contribution < -0.4 is 10.6 Å². The predicted octanol–water partition coefficient (Wildman–Crippen LogP) is 2.30. The van der Waals surface area contributed by atoms with Gasteiger partial charge < -0.3 is 15.4 Å². The van der Waals surface area contributed by atoms with Crippen LogP contribution in [0, 0.1) is 0 Å². The fourth-order valence-corrected chi connectivity index (χ4v) is 4.16. The van der Waals surface area contributed by atoms with Gasteiger partial charge in [-0.25, -0.2) is 19.6 Å². The van der Waals surface area contributed by atoms with Gasteiger partial charge in [-0.05, 0) is 25.3 Å². The lowest BCUT2D eigenvalue weighted by atomic mass is 10.1. The molecule has 3 heterocycles. The number of aromatic nitrogens is 2. The molecule has 0 saturated heterocycles.